The van der Waals surface area contributed by atoms with Gasteiger partial charge < -0.3 is 10.6 Å². The first-order valence-electron chi connectivity index (χ1n) is 5.11. The second-order valence-corrected chi connectivity index (χ2v) is 3.59. The van der Waals surface area contributed by atoms with Crippen molar-refractivity contribution in [3.8, 4) is 6.07 Å². The molecule has 0 bridgehead atoms. The first kappa shape index (κ1) is 12.7. The molecule has 5 nitrogen and oxygen atoms in total. The normalized spacial score (nSPS) is 11.1. The number of hydrogen-bond acceptors (Lipinski definition) is 3. The number of rotatable bonds is 3. The fourth-order valence-electron chi connectivity index (χ4n) is 1.25. The predicted molar refractivity (Wildman–Crippen MR) is 63.3 cm³/mol. The van der Waals surface area contributed by atoms with Gasteiger partial charge in [0.05, 0.1) is 6.07 Å². The molecule has 0 heterocycles. The molecule has 1 unspecified atom stereocenters. The minimum Gasteiger partial charge on any atom is -0.337 e. The molecule has 2 N–H and O–H groups in total. The second-order valence-electron chi connectivity index (χ2n) is 3.59. The van der Waals surface area contributed by atoms with Crippen LogP contribution >= 0.6 is 0 Å². The highest BCUT2D eigenvalue weighted by atomic mass is 16.2. The fraction of sp³-hybridized carbons (Fsp3) is 0.250. The van der Waals surface area contributed by atoms with Crippen LogP contribution in [0.5, 0.6) is 0 Å². The summed E-state index contributed by atoms with van der Waals surface area (Å²) in [5.41, 5.74) is 0.952. The summed E-state index contributed by atoms with van der Waals surface area (Å²) in [7, 11) is 0. The summed E-state index contributed by atoms with van der Waals surface area (Å²) in [6, 6.07) is 7.88. The molecule has 5 heteroatoms. The highest BCUT2D eigenvalue weighted by Crippen LogP contribution is 2.10. The van der Waals surface area contributed by atoms with E-state index < -0.39 is 6.04 Å². The molecule has 1 atom stereocenters. The molecule has 0 aromatic heterocycles. The molecule has 0 saturated heterocycles. The molecule has 0 aliphatic carbocycles. The van der Waals surface area contributed by atoms with Crippen molar-refractivity contribution in [1.82, 2.24) is 5.32 Å². The first-order chi connectivity index (χ1) is 8.02. The van der Waals surface area contributed by atoms with Crippen molar-refractivity contribution in [2.75, 3.05) is 5.32 Å². The molecule has 0 fully saturated rings. The maximum Gasteiger partial charge on any atom is 0.252 e. The van der Waals surface area contributed by atoms with Gasteiger partial charge in [-0.25, -0.2) is 0 Å². The van der Waals surface area contributed by atoms with Gasteiger partial charge in [-0.2, -0.15) is 5.26 Å². The Morgan fingerprint density at radius 3 is 2.71 bits per heavy atom. The van der Waals surface area contributed by atoms with E-state index in [0.717, 1.165) is 0 Å². The zero-order valence-electron chi connectivity index (χ0n) is 9.65. The molecule has 0 radical (unpaired) electrons. The molecule has 17 heavy (non-hydrogen) atoms. The summed E-state index contributed by atoms with van der Waals surface area (Å²) in [6.07, 6.45) is 0. The van der Waals surface area contributed by atoms with Crippen LogP contribution in [-0.4, -0.2) is 17.9 Å². The van der Waals surface area contributed by atoms with E-state index in [0.29, 0.717) is 11.3 Å². The third-order valence-corrected chi connectivity index (χ3v) is 1.99. The number of nitrogens with one attached hydrogen (secondary N) is 2. The van der Waals surface area contributed by atoms with Crippen molar-refractivity contribution < 1.29 is 9.59 Å². The molecule has 0 spiro atoms. The number of benzene rings is 1. The molecule has 2 amide bonds. The number of nitrogens with zero attached hydrogens (tertiary/aromatic N) is 1. The Kier molecular flexibility index (Phi) is 4.23. The van der Waals surface area contributed by atoms with E-state index in [2.05, 4.69) is 10.6 Å². The average molecular weight is 231 g/mol. The maximum atomic E-state index is 11.7. The van der Waals surface area contributed by atoms with Gasteiger partial charge in [0.15, 0.2) is 0 Å². The van der Waals surface area contributed by atoms with Gasteiger partial charge in [0, 0.05) is 18.2 Å². The lowest BCUT2D eigenvalue weighted by molar-refractivity contribution is -0.114. The van der Waals surface area contributed by atoms with E-state index in [1.165, 1.54) is 6.92 Å². The Labute approximate surface area is 99.4 Å². The van der Waals surface area contributed by atoms with Crippen LogP contribution < -0.4 is 10.6 Å². The van der Waals surface area contributed by atoms with E-state index in [9.17, 15) is 9.59 Å². The molecule has 0 saturated carbocycles. The minimum absolute atomic E-state index is 0.201. The second kappa shape index (κ2) is 5.66. The summed E-state index contributed by atoms with van der Waals surface area (Å²) in [6.45, 7) is 2.99. The third kappa shape index (κ3) is 3.95. The predicted octanol–water partition coefficient (Wildman–Crippen LogP) is 1.29. The number of nitriles is 1. The molecule has 1 aromatic rings. The Bertz CT molecular complexity index is 477. The molecule has 88 valence electrons. The number of amides is 2. The molecule has 0 aliphatic rings. The third-order valence-electron chi connectivity index (χ3n) is 1.99. The van der Waals surface area contributed by atoms with E-state index in [1.54, 1.807) is 31.2 Å². The van der Waals surface area contributed by atoms with Crippen LogP contribution in [0.3, 0.4) is 0 Å². The largest absolute Gasteiger partial charge is 0.337 e. The Balaban J connectivity index is 2.81. The van der Waals surface area contributed by atoms with Gasteiger partial charge in [-0.1, -0.05) is 6.07 Å². The molecular formula is C12H13N3O2. The lowest BCUT2D eigenvalue weighted by Crippen LogP contribution is -2.31. The van der Waals surface area contributed by atoms with Crippen LogP contribution in [0.2, 0.25) is 0 Å². The quantitative estimate of drug-likeness (QED) is 0.822. The van der Waals surface area contributed by atoms with Gasteiger partial charge in [0.1, 0.15) is 6.04 Å². The summed E-state index contributed by atoms with van der Waals surface area (Å²) in [5.74, 6) is -0.542. The van der Waals surface area contributed by atoms with Crippen molar-refractivity contribution in [2.45, 2.75) is 19.9 Å². The Hall–Kier alpha value is -2.35. The van der Waals surface area contributed by atoms with Gasteiger partial charge in [-0.05, 0) is 25.1 Å². The van der Waals surface area contributed by atoms with Crippen LogP contribution in [0.1, 0.15) is 24.2 Å². The van der Waals surface area contributed by atoms with E-state index in [1.807, 2.05) is 6.07 Å². The van der Waals surface area contributed by atoms with E-state index >= 15 is 0 Å². The van der Waals surface area contributed by atoms with Gasteiger partial charge in [-0.3, -0.25) is 9.59 Å². The lowest BCUT2D eigenvalue weighted by atomic mass is 10.1. The summed E-state index contributed by atoms with van der Waals surface area (Å²) in [5, 5.41) is 13.7. The minimum atomic E-state index is -0.549. The van der Waals surface area contributed by atoms with Crippen molar-refractivity contribution in [1.29, 1.82) is 5.26 Å². The Morgan fingerprint density at radius 2 is 2.12 bits per heavy atom. The summed E-state index contributed by atoms with van der Waals surface area (Å²) in [4.78, 5) is 22.5. The van der Waals surface area contributed by atoms with Crippen molar-refractivity contribution >= 4 is 17.5 Å². The number of carbonyl (C=O) groups excluding carboxylic acids is 2. The SMILES string of the molecule is CC(=O)Nc1cccc(C(=O)NC(C)C#N)c1. The van der Waals surface area contributed by atoms with E-state index in [-0.39, 0.29) is 11.8 Å². The smallest absolute Gasteiger partial charge is 0.252 e. The van der Waals surface area contributed by atoms with Gasteiger partial charge in [0.2, 0.25) is 5.91 Å². The van der Waals surface area contributed by atoms with Crippen molar-refractivity contribution in [2.24, 2.45) is 0 Å². The van der Waals surface area contributed by atoms with E-state index in [4.69, 9.17) is 5.26 Å². The van der Waals surface area contributed by atoms with Crippen LogP contribution in [0.15, 0.2) is 24.3 Å². The highest BCUT2D eigenvalue weighted by Gasteiger charge is 2.09. The number of anilines is 1. The summed E-state index contributed by atoms with van der Waals surface area (Å²) < 4.78 is 0. The average Bonchev–Trinajstić information content (AvgIpc) is 2.28. The van der Waals surface area contributed by atoms with Crippen LogP contribution in [0.4, 0.5) is 5.69 Å². The van der Waals surface area contributed by atoms with Gasteiger partial charge in [-0.15, -0.1) is 0 Å². The number of carbonyl (C=O) groups is 2. The molecular weight excluding hydrogens is 218 g/mol. The van der Waals surface area contributed by atoms with Crippen molar-refractivity contribution in [3.05, 3.63) is 29.8 Å². The van der Waals surface area contributed by atoms with Crippen molar-refractivity contribution in [3.63, 3.8) is 0 Å². The monoisotopic (exact) mass is 231 g/mol. The maximum absolute atomic E-state index is 11.7. The van der Waals surface area contributed by atoms with Crippen LogP contribution in [-0.2, 0) is 4.79 Å². The standard InChI is InChI=1S/C12H13N3O2/c1-8(7-13)14-12(17)10-4-3-5-11(6-10)15-9(2)16/h3-6,8H,1-2H3,(H,14,17)(H,15,16). The van der Waals surface area contributed by atoms with Gasteiger partial charge >= 0.3 is 0 Å². The van der Waals surface area contributed by atoms with Crippen LogP contribution in [0.25, 0.3) is 0 Å². The highest BCUT2D eigenvalue weighted by molar-refractivity contribution is 5.97. The fourth-order valence-corrected chi connectivity index (χ4v) is 1.25. The molecule has 1 rings (SSSR count). The molecule has 1 aromatic carbocycles. The zero-order valence-corrected chi connectivity index (χ0v) is 9.65. The first-order valence-corrected chi connectivity index (χ1v) is 5.11. The summed E-state index contributed by atoms with van der Waals surface area (Å²) >= 11 is 0. The zero-order chi connectivity index (χ0) is 12.8. The molecule has 0 aliphatic heterocycles. The van der Waals surface area contributed by atoms with Gasteiger partial charge in [0.25, 0.3) is 5.91 Å². The topological polar surface area (TPSA) is 82.0 Å². The number of hydrogen-bond donors (Lipinski definition) is 2. The van der Waals surface area contributed by atoms with Crippen LogP contribution in [0, 0.1) is 11.3 Å². The lowest BCUT2D eigenvalue weighted by Gasteiger charge is -2.08. The Morgan fingerprint density at radius 1 is 1.41 bits per heavy atom.